The summed E-state index contributed by atoms with van der Waals surface area (Å²) in [5, 5.41) is 7.18. The molecule has 2 aromatic carbocycles. The zero-order chi connectivity index (χ0) is 15.8. The molecular weight excluding hydrogens is 301 g/mol. The van der Waals surface area contributed by atoms with Gasteiger partial charge in [0.05, 0.1) is 6.21 Å². The molecule has 0 fully saturated rings. The lowest BCUT2D eigenvalue weighted by Gasteiger charge is -2.07. The maximum atomic E-state index is 13.5. The zero-order valence-electron chi connectivity index (χ0n) is 12.0. The molecule has 0 saturated heterocycles. The first-order valence-corrected chi connectivity index (χ1v) is 7.07. The summed E-state index contributed by atoms with van der Waals surface area (Å²) in [4.78, 5) is 0. The van der Waals surface area contributed by atoms with Crippen molar-refractivity contribution in [3.63, 3.8) is 0 Å². The first-order chi connectivity index (χ1) is 10.7. The minimum absolute atomic E-state index is 0.193. The van der Waals surface area contributed by atoms with E-state index in [0.717, 1.165) is 5.56 Å². The van der Waals surface area contributed by atoms with Crippen LogP contribution in [0.15, 0.2) is 53.6 Å². The van der Waals surface area contributed by atoms with E-state index in [-0.39, 0.29) is 12.4 Å². The highest BCUT2D eigenvalue weighted by molar-refractivity contribution is 7.80. The number of rotatable bonds is 5. The van der Waals surface area contributed by atoms with Crippen molar-refractivity contribution in [1.82, 2.24) is 10.7 Å². The van der Waals surface area contributed by atoms with Gasteiger partial charge >= 0.3 is 0 Å². The smallest absolute Gasteiger partial charge is 0.186 e. The summed E-state index contributed by atoms with van der Waals surface area (Å²) >= 11 is 4.90. The second kappa shape index (κ2) is 8.09. The Morgan fingerprint density at radius 3 is 2.64 bits per heavy atom. The Balaban J connectivity index is 1.89. The minimum atomic E-state index is -0.266. The third-order valence-corrected chi connectivity index (χ3v) is 3.13. The molecule has 2 aromatic rings. The number of ether oxygens (including phenoxy) is 1. The predicted octanol–water partition coefficient (Wildman–Crippen LogP) is 2.83. The lowest BCUT2D eigenvalue weighted by atomic mass is 10.2. The molecule has 114 valence electrons. The van der Waals surface area contributed by atoms with Gasteiger partial charge in [0, 0.05) is 12.6 Å². The molecule has 0 atom stereocenters. The van der Waals surface area contributed by atoms with Gasteiger partial charge in [0.25, 0.3) is 0 Å². The van der Waals surface area contributed by atoms with Gasteiger partial charge < -0.3 is 10.1 Å². The number of halogens is 1. The Labute approximate surface area is 134 Å². The number of hydrazone groups is 1. The van der Waals surface area contributed by atoms with E-state index in [1.807, 2.05) is 12.1 Å². The van der Waals surface area contributed by atoms with E-state index >= 15 is 0 Å². The van der Waals surface area contributed by atoms with Crippen LogP contribution in [0.1, 0.15) is 11.1 Å². The number of hydrogen-bond donors (Lipinski definition) is 2. The summed E-state index contributed by atoms with van der Waals surface area (Å²) in [6.45, 7) is 0.193. The number of nitrogens with one attached hydrogen (secondary N) is 2. The van der Waals surface area contributed by atoms with Crippen molar-refractivity contribution in [2.75, 3.05) is 7.05 Å². The molecule has 0 aliphatic heterocycles. The SMILES string of the molecule is CNC(=S)NN=Cc1ccc(OCc2ccccc2F)cc1. The van der Waals surface area contributed by atoms with E-state index in [4.69, 9.17) is 17.0 Å². The third-order valence-electron chi connectivity index (χ3n) is 2.84. The second-order valence-electron chi connectivity index (χ2n) is 4.40. The van der Waals surface area contributed by atoms with Gasteiger partial charge in [-0.1, -0.05) is 18.2 Å². The summed E-state index contributed by atoms with van der Waals surface area (Å²) in [5.41, 5.74) is 4.08. The molecule has 0 saturated carbocycles. The molecule has 0 unspecified atom stereocenters. The van der Waals surface area contributed by atoms with E-state index in [1.165, 1.54) is 6.07 Å². The van der Waals surface area contributed by atoms with Crippen molar-refractivity contribution < 1.29 is 9.13 Å². The van der Waals surface area contributed by atoms with Gasteiger partial charge in [-0.3, -0.25) is 5.43 Å². The fraction of sp³-hybridized carbons (Fsp3) is 0.125. The van der Waals surface area contributed by atoms with E-state index in [9.17, 15) is 4.39 Å². The van der Waals surface area contributed by atoms with E-state index in [0.29, 0.717) is 16.4 Å². The highest BCUT2D eigenvalue weighted by Crippen LogP contribution is 2.14. The first kappa shape index (κ1) is 15.9. The van der Waals surface area contributed by atoms with Crippen LogP contribution in [0, 0.1) is 5.82 Å². The van der Waals surface area contributed by atoms with Gasteiger partial charge in [0.1, 0.15) is 18.2 Å². The fourth-order valence-electron chi connectivity index (χ4n) is 1.65. The first-order valence-electron chi connectivity index (χ1n) is 6.66. The Bertz CT molecular complexity index is 659. The number of benzene rings is 2. The van der Waals surface area contributed by atoms with Gasteiger partial charge in [0.15, 0.2) is 5.11 Å². The summed E-state index contributed by atoms with van der Waals surface area (Å²) in [6.07, 6.45) is 1.64. The zero-order valence-corrected chi connectivity index (χ0v) is 12.9. The van der Waals surface area contributed by atoms with Crippen molar-refractivity contribution in [1.29, 1.82) is 0 Å². The molecule has 0 radical (unpaired) electrons. The molecule has 0 heterocycles. The summed E-state index contributed by atoms with van der Waals surface area (Å²) in [6, 6.07) is 13.9. The van der Waals surface area contributed by atoms with Gasteiger partial charge in [-0.05, 0) is 48.1 Å². The van der Waals surface area contributed by atoms with Crippen molar-refractivity contribution in [2.45, 2.75) is 6.61 Å². The maximum Gasteiger partial charge on any atom is 0.186 e. The minimum Gasteiger partial charge on any atom is -0.489 e. The molecular formula is C16H16FN3OS. The number of nitrogens with zero attached hydrogens (tertiary/aromatic N) is 1. The van der Waals surface area contributed by atoms with Crippen LogP contribution >= 0.6 is 12.2 Å². The molecule has 0 bridgehead atoms. The fourth-order valence-corrected chi connectivity index (χ4v) is 1.70. The van der Waals surface area contributed by atoms with Crippen LogP contribution in [-0.4, -0.2) is 18.4 Å². The van der Waals surface area contributed by atoms with Crippen molar-refractivity contribution in [3.05, 3.63) is 65.5 Å². The molecule has 2 N–H and O–H groups in total. The van der Waals surface area contributed by atoms with Gasteiger partial charge in [0.2, 0.25) is 0 Å². The Morgan fingerprint density at radius 1 is 1.23 bits per heavy atom. The molecule has 2 rings (SSSR count). The molecule has 0 aromatic heterocycles. The maximum absolute atomic E-state index is 13.5. The quantitative estimate of drug-likeness (QED) is 0.506. The number of hydrogen-bond acceptors (Lipinski definition) is 3. The van der Waals surface area contributed by atoms with Gasteiger partial charge in [-0.25, -0.2) is 4.39 Å². The average molecular weight is 317 g/mol. The van der Waals surface area contributed by atoms with Crippen LogP contribution in [0.3, 0.4) is 0 Å². The van der Waals surface area contributed by atoms with Crippen LogP contribution in [0.25, 0.3) is 0 Å². The molecule has 0 amide bonds. The van der Waals surface area contributed by atoms with Crippen LogP contribution in [0.2, 0.25) is 0 Å². The van der Waals surface area contributed by atoms with Crippen molar-refractivity contribution in [2.24, 2.45) is 5.10 Å². The van der Waals surface area contributed by atoms with Gasteiger partial charge in [-0.15, -0.1) is 0 Å². The molecule has 0 aliphatic rings. The molecule has 6 heteroatoms. The van der Waals surface area contributed by atoms with Crippen LogP contribution in [-0.2, 0) is 6.61 Å². The third kappa shape index (κ3) is 4.82. The van der Waals surface area contributed by atoms with E-state index < -0.39 is 0 Å². The Morgan fingerprint density at radius 2 is 1.95 bits per heavy atom. The Kier molecular flexibility index (Phi) is 5.85. The lowest BCUT2D eigenvalue weighted by Crippen LogP contribution is -2.28. The highest BCUT2D eigenvalue weighted by atomic mass is 32.1. The molecule has 0 spiro atoms. The normalized spacial score (nSPS) is 10.5. The average Bonchev–Trinajstić information content (AvgIpc) is 2.55. The van der Waals surface area contributed by atoms with Crippen molar-refractivity contribution >= 4 is 23.5 Å². The standard InChI is InChI=1S/C16H16FN3OS/c1-18-16(22)20-19-10-12-6-8-14(9-7-12)21-11-13-4-2-3-5-15(13)17/h2-10H,11H2,1H3,(H2,18,20,22). The van der Waals surface area contributed by atoms with Crippen LogP contribution in [0.5, 0.6) is 5.75 Å². The molecule has 22 heavy (non-hydrogen) atoms. The lowest BCUT2D eigenvalue weighted by molar-refractivity contribution is 0.300. The molecule has 0 aliphatic carbocycles. The summed E-state index contributed by atoms with van der Waals surface area (Å²) in [5.74, 6) is 0.400. The largest absolute Gasteiger partial charge is 0.489 e. The predicted molar refractivity (Wildman–Crippen MR) is 89.6 cm³/mol. The molecule has 4 nitrogen and oxygen atoms in total. The van der Waals surface area contributed by atoms with Gasteiger partial charge in [-0.2, -0.15) is 5.10 Å². The summed E-state index contributed by atoms with van der Waals surface area (Å²) in [7, 11) is 1.71. The van der Waals surface area contributed by atoms with Crippen LogP contribution < -0.4 is 15.5 Å². The van der Waals surface area contributed by atoms with Crippen molar-refractivity contribution in [3.8, 4) is 5.75 Å². The van der Waals surface area contributed by atoms with E-state index in [2.05, 4.69) is 15.8 Å². The van der Waals surface area contributed by atoms with E-state index in [1.54, 1.807) is 43.6 Å². The summed E-state index contributed by atoms with van der Waals surface area (Å²) < 4.78 is 19.0. The highest BCUT2D eigenvalue weighted by Gasteiger charge is 2.01. The second-order valence-corrected chi connectivity index (χ2v) is 4.81. The topological polar surface area (TPSA) is 45.7 Å². The number of thiocarbonyl (C=S) groups is 1. The monoisotopic (exact) mass is 317 g/mol. The Hall–Kier alpha value is -2.47. The van der Waals surface area contributed by atoms with Crippen LogP contribution in [0.4, 0.5) is 4.39 Å².